The Kier molecular flexibility index (Phi) is 5.65. The third-order valence-corrected chi connectivity index (χ3v) is 4.07. The van der Waals surface area contributed by atoms with E-state index in [2.05, 4.69) is 41.4 Å². The van der Waals surface area contributed by atoms with E-state index in [0.717, 1.165) is 19.5 Å². The average Bonchev–Trinajstić information content (AvgIpc) is 2.87. The van der Waals surface area contributed by atoms with Crippen LogP contribution in [0.25, 0.3) is 0 Å². The average molecular weight is 319 g/mol. The summed E-state index contributed by atoms with van der Waals surface area (Å²) in [6.07, 6.45) is 0.575. The molecule has 1 heterocycles. The van der Waals surface area contributed by atoms with E-state index in [1.165, 1.54) is 11.1 Å². The quantitative estimate of drug-likeness (QED) is 0.895. The van der Waals surface area contributed by atoms with E-state index < -0.39 is 5.60 Å². The number of nitrogens with zero attached hydrogens (tertiary/aromatic N) is 1. The number of carbonyl (C=O) groups excluding carboxylic acids is 1. The summed E-state index contributed by atoms with van der Waals surface area (Å²) in [5, 5.41) is 2.96. The summed E-state index contributed by atoms with van der Waals surface area (Å²) in [7, 11) is 0. The molecule has 1 aromatic carbocycles. The molecular weight excluding hydrogens is 290 g/mol. The van der Waals surface area contributed by atoms with Crippen LogP contribution in [0.1, 0.15) is 44.4 Å². The Morgan fingerprint density at radius 2 is 2.04 bits per heavy atom. The van der Waals surface area contributed by atoms with Crippen LogP contribution in [0.3, 0.4) is 0 Å². The first-order valence-electron chi connectivity index (χ1n) is 8.28. The van der Waals surface area contributed by atoms with Crippen LogP contribution in [0.2, 0.25) is 0 Å². The molecule has 1 fully saturated rings. The van der Waals surface area contributed by atoms with Crippen LogP contribution < -0.4 is 11.1 Å². The smallest absolute Gasteiger partial charge is 0.407 e. The zero-order valence-corrected chi connectivity index (χ0v) is 14.6. The van der Waals surface area contributed by atoms with Gasteiger partial charge >= 0.3 is 6.09 Å². The van der Waals surface area contributed by atoms with Gasteiger partial charge in [-0.05, 0) is 39.7 Å². The van der Waals surface area contributed by atoms with E-state index in [1.54, 1.807) is 0 Å². The molecule has 0 radical (unpaired) electrons. The van der Waals surface area contributed by atoms with Crippen LogP contribution in [0.4, 0.5) is 4.79 Å². The van der Waals surface area contributed by atoms with Crippen molar-refractivity contribution in [3.8, 4) is 0 Å². The molecule has 0 unspecified atom stereocenters. The standard InChI is InChI=1S/C18H29N3O2/c1-13-5-7-14(8-6-13)16(11-19)21-10-9-15(12-21)20-17(22)23-18(2,3)4/h5-8,15-16H,9-12,19H2,1-4H3,(H,20,22)/t15-,16-/m0/s1. The van der Waals surface area contributed by atoms with Gasteiger partial charge in [0, 0.05) is 31.7 Å². The zero-order valence-electron chi connectivity index (χ0n) is 14.6. The van der Waals surface area contributed by atoms with Crippen molar-refractivity contribution in [1.29, 1.82) is 0 Å². The fourth-order valence-corrected chi connectivity index (χ4v) is 2.95. The minimum atomic E-state index is -0.468. The van der Waals surface area contributed by atoms with Crippen LogP contribution in [-0.2, 0) is 4.74 Å². The fourth-order valence-electron chi connectivity index (χ4n) is 2.95. The second-order valence-electron chi connectivity index (χ2n) is 7.29. The first-order valence-corrected chi connectivity index (χ1v) is 8.28. The van der Waals surface area contributed by atoms with Crippen molar-refractivity contribution in [3.05, 3.63) is 35.4 Å². The second-order valence-corrected chi connectivity index (χ2v) is 7.29. The molecule has 0 spiro atoms. The largest absolute Gasteiger partial charge is 0.444 e. The summed E-state index contributed by atoms with van der Waals surface area (Å²) in [5.74, 6) is 0. The molecule has 1 aliphatic heterocycles. The molecule has 5 heteroatoms. The predicted octanol–water partition coefficient (Wildman–Crippen LogP) is 2.59. The topological polar surface area (TPSA) is 67.6 Å². The molecule has 2 atom stereocenters. The lowest BCUT2D eigenvalue weighted by molar-refractivity contribution is 0.0504. The molecule has 3 N–H and O–H groups in total. The summed E-state index contributed by atoms with van der Waals surface area (Å²) < 4.78 is 5.33. The number of nitrogens with two attached hydrogens (primary N) is 1. The number of aryl methyl sites for hydroxylation is 1. The highest BCUT2D eigenvalue weighted by atomic mass is 16.6. The van der Waals surface area contributed by atoms with Gasteiger partial charge in [0.2, 0.25) is 0 Å². The molecule has 5 nitrogen and oxygen atoms in total. The van der Waals surface area contributed by atoms with Crippen LogP contribution >= 0.6 is 0 Å². The maximum atomic E-state index is 11.9. The van der Waals surface area contributed by atoms with Crippen molar-refractivity contribution >= 4 is 6.09 Å². The first kappa shape index (κ1) is 17.8. The van der Waals surface area contributed by atoms with Crippen molar-refractivity contribution in [1.82, 2.24) is 10.2 Å². The van der Waals surface area contributed by atoms with Gasteiger partial charge in [0.25, 0.3) is 0 Å². The van der Waals surface area contributed by atoms with Crippen LogP contribution in [0, 0.1) is 6.92 Å². The Labute approximate surface area is 139 Å². The maximum absolute atomic E-state index is 11.9. The lowest BCUT2D eigenvalue weighted by Crippen LogP contribution is -2.41. The number of likely N-dealkylation sites (tertiary alicyclic amines) is 1. The lowest BCUT2D eigenvalue weighted by atomic mass is 10.0. The molecule has 1 amide bonds. The number of hydrogen-bond acceptors (Lipinski definition) is 4. The number of alkyl carbamates (subject to hydrolysis) is 1. The molecule has 1 aliphatic rings. The summed E-state index contributed by atoms with van der Waals surface area (Å²) >= 11 is 0. The summed E-state index contributed by atoms with van der Waals surface area (Å²) in [5.41, 5.74) is 8.01. The van der Waals surface area contributed by atoms with Gasteiger partial charge in [-0.1, -0.05) is 29.8 Å². The SMILES string of the molecule is Cc1ccc([C@H](CN)N2CC[C@H](NC(=O)OC(C)(C)C)C2)cc1. The predicted molar refractivity (Wildman–Crippen MR) is 92.3 cm³/mol. The third kappa shape index (κ3) is 5.22. The van der Waals surface area contributed by atoms with Gasteiger partial charge in [-0.3, -0.25) is 4.90 Å². The summed E-state index contributed by atoms with van der Waals surface area (Å²) in [6.45, 7) is 9.99. The van der Waals surface area contributed by atoms with Crippen LogP contribution in [-0.4, -0.2) is 42.3 Å². The molecule has 0 aromatic heterocycles. The molecule has 1 aromatic rings. The Bertz CT molecular complexity index is 522. The highest BCUT2D eigenvalue weighted by Gasteiger charge is 2.30. The highest BCUT2D eigenvalue weighted by Crippen LogP contribution is 2.25. The first-order chi connectivity index (χ1) is 10.8. The van der Waals surface area contributed by atoms with Gasteiger partial charge in [-0.2, -0.15) is 0 Å². The number of ether oxygens (including phenoxy) is 1. The lowest BCUT2D eigenvalue weighted by Gasteiger charge is -2.27. The summed E-state index contributed by atoms with van der Waals surface area (Å²) in [4.78, 5) is 14.2. The van der Waals surface area contributed by atoms with E-state index >= 15 is 0 Å². The van der Waals surface area contributed by atoms with Crippen LogP contribution in [0.5, 0.6) is 0 Å². The highest BCUT2D eigenvalue weighted by molar-refractivity contribution is 5.68. The molecule has 0 saturated carbocycles. The van der Waals surface area contributed by atoms with Gasteiger partial charge in [0.1, 0.15) is 5.60 Å². The molecule has 128 valence electrons. The Morgan fingerprint density at radius 1 is 1.39 bits per heavy atom. The Morgan fingerprint density at radius 3 is 2.61 bits per heavy atom. The minimum absolute atomic E-state index is 0.115. The van der Waals surface area contributed by atoms with E-state index in [9.17, 15) is 4.79 Å². The fraction of sp³-hybridized carbons (Fsp3) is 0.611. The van der Waals surface area contributed by atoms with Gasteiger partial charge < -0.3 is 15.8 Å². The minimum Gasteiger partial charge on any atom is -0.444 e. The molecule has 0 bridgehead atoms. The number of rotatable bonds is 4. The van der Waals surface area contributed by atoms with Gasteiger partial charge in [0.15, 0.2) is 0 Å². The van der Waals surface area contributed by atoms with Gasteiger partial charge in [0.05, 0.1) is 0 Å². The van der Waals surface area contributed by atoms with Crippen molar-refractivity contribution in [2.45, 2.75) is 51.8 Å². The number of carbonyl (C=O) groups is 1. The van der Waals surface area contributed by atoms with E-state index in [1.807, 2.05) is 20.8 Å². The normalized spacial score (nSPS) is 20.3. The Balaban J connectivity index is 1.93. The molecule has 2 rings (SSSR count). The van der Waals surface area contributed by atoms with Crippen molar-refractivity contribution < 1.29 is 9.53 Å². The monoisotopic (exact) mass is 319 g/mol. The van der Waals surface area contributed by atoms with E-state index in [0.29, 0.717) is 6.54 Å². The van der Waals surface area contributed by atoms with E-state index in [4.69, 9.17) is 10.5 Å². The maximum Gasteiger partial charge on any atom is 0.407 e. The van der Waals surface area contributed by atoms with Crippen molar-refractivity contribution in [2.24, 2.45) is 5.73 Å². The zero-order chi connectivity index (χ0) is 17.0. The van der Waals surface area contributed by atoms with Gasteiger partial charge in [-0.25, -0.2) is 4.79 Å². The number of amides is 1. The summed E-state index contributed by atoms with van der Waals surface area (Å²) in [6, 6.07) is 8.82. The van der Waals surface area contributed by atoms with Gasteiger partial charge in [-0.15, -0.1) is 0 Å². The third-order valence-electron chi connectivity index (χ3n) is 4.07. The molecular formula is C18H29N3O2. The number of hydrogen-bond donors (Lipinski definition) is 2. The molecule has 23 heavy (non-hydrogen) atoms. The van der Waals surface area contributed by atoms with Crippen LogP contribution in [0.15, 0.2) is 24.3 Å². The van der Waals surface area contributed by atoms with E-state index in [-0.39, 0.29) is 18.2 Å². The van der Waals surface area contributed by atoms with Crippen molar-refractivity contribution in [2.75, 3.05) is 19.6 Å². The number of benzene rings is 1. The molecule has 0 aliphatic carbocycles. The second kappa shape index (κ2) is 7.32. The Hall–Kier alpha value is -1.59. The van der Waals surface area contributed by atoms with Crippen molar-refractivity contribution in [3.63, 3.8) is 0 Å². The molecule has 1 saturated heterocycles. The number of nitrogens with one attached hydrogen (secondary N) is 1.